The Morgan fingerprint density at radius 3 is 2.28 bits per heavy atom. The number of aliphatic imine (C=N–C) groups is 1. The average molecular weight is 431 g/mol. The van der Waals surface area contributed by atoms with E-state index in [1.807, 2.05) is 12.1 Å². The lowest BCUT2D eigenvalue weighted by Gasteiger charge is -2.20. The van der Waals surface area contributed by atoms with E-state index in [2.05, 4.69) is 14.4 Å². The molecule has 150 valence electrons. The van der Waals surface area contributed by atoms with Crippen LogP contribution in [0.3, 0.4) is 0 Å². The van der Waals surface area contributed by atoms with Crippen LogP contribution in [0.25, 0.3) is 0 Å². The Morgan fingerprint density at radius 2 is 1.69 bits per heavy atom. The van der Waals surface area contributed by atoms with Crippen molar-refractivity contribution in [2.75, 3.05) is 0 Å². The Kier molecular flexibility index (Phi) is 5.06. The number of nitriles is 1. The highest BCUT2D eigenvalue weighted by Gasteiger charge is 2.39. The number of aryl methyl sites for hydroxylation is 1. The molecule has 0 saturated carbocycles. The standard InChI is InChI=1S/C19H17N3O5S2/c1-13-8-10-14(11-9-13)28(23,24)29(25,26)27-22-17(12-20)18-19(2,3)15-6-4-5-7-16(15)21-18/h4-11H,1-3H3. The van der Waals surface area contributed by atoms with E-state index in [0.29, 0.717) is 5.69 Å². The zero-order chi connectivity index (χ0) is 21.4. The maximum atomic E-state index is 12.4. The summed E-state index contributed by atoms with van der Waals surface area (Å²) in [5, 5.41) is 12.8. The molecule has 1 aliphatic heterocycles. The molecule has 3 rings (SSSR count). The van der Waals surface area contributed by atoms with Crippen molar-refractivity contribution in [2.45, 2.75) is 31.1 Å². The van der Waals surface area contributed by atoms with Gasteiger partial charge in [-0.15, -0.1) is 0 Å². The first-order valence-corrected chi connectivity index (χ1v) is 11.8. The van der Waals surface area contributed by atoms with Crippen molar-refractivity contribution < 1.29 is 21.1 Å². The minimum absolute atomic E-state index is 0.184. The molecule has 0 fully saturated rings. The van der Waals surface area contributed by atoms with E-state index in [1.54, 1.807) is 39.0 Å². The second kappa shape index (κ2) is 7.09. The first-order chi connectivity index (χ1) is 13.5. The summed E-state index contributed by atoms with van der Waals surface area (Å²) in [6.45, 7) is 5.32. The predicted octanol–water partition coefficient (Wildman–Crippen LogP) is 2.97. The zero-order valence-electron chi connectivity index (χ0n) is 15.8. The molecule has 0 aliphatic carbocycles. The molecule has 8 nitrogen and oxygen atoms in total. The predicted molar refractivity (Wildman–Crippen MR) is 108 cm³/mol. The summed E-state index contributed by atoms with van der Waals surface area (Å²) in [4.78, 5) is 3.89. The van der Waals surface area contributed by atoms with Gasteiger partial charge in [0.25, 0.3) is 0 Å². The second-order valence-electron chi connectivity index (χ2n) is 6.90. The third-order valence-electron chi connectivity index (χ3n) is 4.53. The molecule has 0 bridgehead atoms. The fourth-order valence-electron chi connectivity index (χ4n) is 2.90. The number of hydrogen-bond donors (Lipinski definition) is 0. The van der Waals surface area contributed by atoms with E-state index in [1.165, 1.54) is 12.1 Å². The first-order valence-electron chi connectivity index (χ1n) is 8.43. The smallest absolute Gasteiger partial charge is 0.255 e. The van der Waals surface area contributed by atoms with E-state index in [9.17, 15) is 22.1 Å². The maximum Gasteiger partial charge on any atom is 0.443 e. The lowest BCUT2D eigenvalue weighted by molar-refractivity contribution is 0.349. The molecule has 0 atom stereocenters. The second-order valence-corrected chi connectivity index (χ2v) is 11.8. The van der Waals surface area contributed by atoms with Crippen molar-refractivity contribution in [1.29, 1.82) is 5.26 Å². The van der Waals surface area contributed by atoms with Gasteiger partial charge >= 0.3 is 18.0 Å². The molecule has 0 aromatic heterocycles. The van der Waals surface area contributed by atoms with Gasteiger partial charge in [-0.25, -0.2) is 13.4 Å². The summed E-state index contributed by atoms with van der Waals surface area (Å²) in [6.07, 6.45) is 0. The highest BCUT2D eigenvalue weighted by Crippen LogP contribution is 2.40. The third-order valence-corrected chi connectivity index (χ3v) is 8.55. The van der Waals surface area contributed by atoms with Crippen molar-refractivity contribution >= 4 is 35.1 Å². The summed E-state index contributed by atoms with van der Waals surface area (Å²) < 4.78 is 53.8. The molecular formula is C19H17N3O5S2. The number of benzene rings is 2. The third kappa shape index (κ3) is 3.54. The topological polar surface area (TPSA) is 126 Å². The maximum absolute atomic E-state index is 12.4. The quantitative estimate of drug-likeness (QED) is 0.407. The number of nitrogens with zero attached hydrogens (tertiary/aromatic N) is 3. The number of hydrogen-bond acceptors (Lipinski definition) is 8. The normalized spacial score (nSPS) is 15.9. The lowest BCUT2D eigenvalue weighted by atomic mass is 9.80. The molecule has 0 amide bonds. The van der Waals surface area contributed by atoms with Crippen molar-refractivity contribution in [2.24, 2.45) is 10.1 Å². The van der Waals surface area contributed by atoms with Crippen LogP contribution in [0.15, 0.2) is 63.6 Å². The van der Waals surface area contributed by atoms with Gasteiger partial charge in [-0.3, -0.25) is 4.28 Å². The van der Waals surface area contributed by atoms with Crippen molar-refractivity contribution in [1.82, 2.24) is 0 Å². The van der Waals surface area contributed by atoms with Crippen LogP contribution < -0.4 is 0 Å². The van der Waals surface area contributed by atoms with Crippen LogP contribution in [0, 0.1) is 18.3 Å². The first kappa shape index (κ1) is 20.7. The molecular weight excluding hydrogens is 414 g/mol. The Labute approximate surface area is 168 Å². The van der Waals surface area contributed by atoms with Crippen molar-refractivity contribution in [3.8, 4) is 6.07 Å². The summed E-state index contributed by atoms with van der Waals surface area (Å²) in [7, 11) is -10.1. The van der Waals surface area contributed by atoms with Crippen LogP contribution in [-0.4, -0.2) is 28.3 Å². The van der Waals surface area contributed by atoms with E-state index in [4.69, 9.17) is 0 Å². The molecule has 1 heterocycles. The highest BCUT2D eigenvalue weighted by molar-refractivity contribution is 8.65. The number of rotatable bonds is 5. The van der Waals surface area contributed by atoms with Gasteiger partial charge in [0.1, 0.15) is 6.07 Å². The molecule has 10 heteroatoms. The van der Waals surface area contributed by atoms with E-state index < -0.39 is 34.0 Å². The lowest BCUT2D eigenvalue weighted by Crippen LogP contribution is -2.32. The molecule has 2 aromatic rings. The van der Waals surface area contributed by atoms with Gasteiger partial charge < -0.3 is 0 Å². The Hall–Kier alpha value is -3.03. The largest absolute Gasteiger partial charge is 0.443 e. The molecule has 0 unspecified atom stereocenters. The van der Waals surface area contributed by atoms with Gasteiger partial charge in [0.15, 0.2) is 0 Å². The molecule has 2 aromatic carbocycles. The Balaban J connectivity index is 1.96. The van der Waals surface area contributed by atoms with Gasteiger partial charge in [-0.2, -0.15) is 13.7 Å². The van der Waals surface area contributed by atoms with Crippen molar-refractivity contribution in [3.63, 3.8) is 0 Å². The van der Waals surface area contributed by atoms with E-state index in [0.717, 1.165) is 23.3 Å². The van der Waals surface area contributed by atoms with Crippen LogP contribution >= 0.6 is 0 Å². The van der Waals surface area contributed by atoms with Crippen LogP contribution in [0.1, 0.15) is 25.0 Å². The molecule has 0 saturated heterocycles. The molecule has 0 spiro atoms. The van der Waals surface area contributed by atoms with Crippen LogP contribution in [0.5, 0.6) is 0 Å². The number of para-hydroxylation sites is 1. The minimum atomic E-state index is -5.19. The number of fused-ring (bicyclic) bond motifs is 1. The van der Waals surface area contributed by atoms with Crippen molar-refractivity contribution in [3.05, 3.63) is 59.7 Å². The van der Waals surface area contributed by atoms with Gasteiger partial charge in [-0.1, -0.05) is 41.1 Å². The summed E-state index contributed by atoms with van der Waals surface area (Å²) in [5.74, 6) is 0. The average Bonchev–Trinajstić information content (AvgIpc) is 2.94. The van der Waals surface area contributed by atoms with E-state index in [-0.39, 0.29) is 5.71 Å². The van der Waals surface area contributed by atoms with E-state index >= 15 is 0 Å². The van der Waals surface area contributed by atoms with Crippen LogP contribution in [0.4, 0.5) is 5.69 Å². The van der Waals surface area contributed by atoms with Crippen LogP contribution in [-0.2, 0) is 27.7 Å². The van der Waals surface area contributed by atoms with Gasteiger partial charge in [-0.05, 0) is 44.5 Å². The molecule has 1 aliphatic rings. The van der Waals surface area contributed by atoms with Gasteiger partial charge in [0, 0.05) is 5.41 Å². The summed E-state index contributed by atoms with van der Waals surface area (Å²) in [6, 6.07) is 14.1. The highest BCUT2D eigenvalue weighted by atomic mass is 33.2. The monoisotopic (exact) mass is 431 g/mol. The minimum Gasteiger partial charge on any atom is -0.255 e. The summed E-state index contributed by atoms with van der Waals surface area (Å²) >= 11 is 0. The summed E-state index contributed by atoms with van der Waals surface area (Å²) in [5.41, 5.74) is 1.22. The Bertz CT molecular complexity index is 1280. The number of oxime groups is 1. The van der Waals surface area contributed by atoms with Gasteiger partial charge in [0.2, 0.25) is 5.71 Å². The fourth-order valence-corrected chi connectivity index (χ4v) is 5.22. The van der Waals surface area contributed by atoms with Gasteiger partial charge in [0.05, 0.1) is 16.3 Å². The zero-order valence-corrected chi connectivity index (χ0v) is 17.5. The fraction of sp³-hybridized carbons (Fsp3) is 0.211. The molecule has 29 heavy (non-hydrogen) atoms. The Morgan fingerprint density at radius 1 is 1.07 bits per heavy atom. The van der Waals surface area contributed by atoms with Crippen LogP contribution in [0.2, 0.25) is 0 Å². The SMILES string of the molecule is Cc1ccc(S(=O)(=O)S(=O)(=O)ON=C(C#N)C2=Nc3ccccc3C2(C)C)cc1. The molecule has 0 N–H and O–H groups in total. The molecule has 0 radical (unpaired) electrons.